The number of phenolic OH excluding ortho intramolecular Hbond substituents is 2. The van der Waals surface area contributed by atoms with Crippen molar-refractivity contribution in [2.45, 2.75) is 26.7 Å². The van der Waals surface area contributed by atoms with E-state index in [1.54, 1.807) is 18.2 Å². The SMILES string of the molecule is CCc1ccc(-c2cccc(O)c2CC)c(O)c1. The Morgan fingerprint density at radius 3 is 2.22 bits per heavy atom. The van der Waals surface area contributed by atoms with Crippen LogP contribution in [0, 0.1) is 0 Å². The average molecular weight is 242 g/mol. The van der Waals surface area contributed by atoms with Gasteiger partial charge in [-0.15, -0.1) is 0 Å². The molecule has 2 N–H and O–H groups in total. The third-order valence-corrected chi connectivity index (χ3v) is 3.27. The van der Waals surface area contributed by atoms with Gasteiger partial charge >= 0.3 is 0 Å². The molecule has 0 amide bonds. The summed E-state index contributed by atoms with van der Waals surface area (Å²) in [6.45, 7) is 4.05. The smallest absolute Gasteiger partial charge is 0.123 e. The highest BCUT2D eigenvalue weighted by atomic mass is 16.3. The molecule has 0 aromatic heterocycles. The van der Waals surface area contributed by atoms with Gasteiger partial charge in [-0.25, -0.2) is 0 Å². The summed E-state index contributed by atoms with van der Waals surface area (Å²) >= 11 is 0. The van der Waals surface area contributed by atoms with Crippen molar-refractivity contribution in [3.05, 3.63) is 47.5 Å². The minimum absolute atomic E-state index is 0.273. The maximum absolute atomic E-state index is 10.1. The Hall–Kier alpha value is -1.96. The van der Waals surface area contributed by atoms with Crippen molar-refractivity contribution < 1.29 is 10.2 Å². The summed E-state index contributed by atoms with van der Waals surface area (Å²) < 4.78 is 0. The molecule has 0 saturated carbocycles. The molecule has 94 valence electrons. The van der Waals surface area contributed by atoms with Crippen LogP contribution in [0.3, 0.4) is 0 Å². The fourth-order valence-electron chi connectivity index (χ4n) is 2.22. The van der Waals surface area contributed by atoms with E-state index in [2.05, 4.69) is 6.92 Å². The Labute approximate surface area is 108 Å². The van der Waals surface area contributed by atoms with E-state index < -0.39 is 0 Å². The van der Waals surface area contributed by atoms with Crippen molar-refractivity contribution in [3.8, 4) is 22.6 Å². The van der Waals surface area contributed by atoms with Crippen molar-refractivity contribution in [3.63, 3.8) is 0 Å². The van der Waals surface area contributed by atoms with Gasteiger partial charge in [0, 0.05) is 11.1 Å². The van der Waals surface area contributed by atoms with Crippen LogP contribution >= 0.6 is 0 Å². The zero-order valence-corrected chi connectivity index (χ0v) is 10.8. The summed E-state index contributed by atoms with van der Waals surface area (Å²) in [5.74, 6) is 0.559. The first-order valence-electron chi connectivity index (χ1n) is 6.30. The summed E-state index contributed by atoms with van der Waals surface area (Å²) in [7, 11) is 0. The van der Waals surface area contributed by atoms with E-state index in [0.29, 0.717) is 0 Å². The molecule has 0 aliphatic rings. The number of benzene rings is 2. The van der Waals surface area contributed by atoms with Gasteiger partial charge in [0.05, 0.1) is 0 Å². The largest absolute Gasteiger partial charge is 0.508 e. The molecule has 0 aliphatic carbocycles. The van der Waals surface area contributed by atoms with Crippen molar-refractivity contribution in [1.82, 2.24) is 0 Å². The normalized spacial score (nSPS) is 10.6. The second-order valence-corrected chi connectivity index (χ2v) is 4.36. The van der Waals surface area contributed by atoms with Crippen LogP contribution in [0.4, 0.5) is 0 Å². The predicted octanol–water partition coefficient (Wildman–Crippen LogP) is 3.89. The molecule has 2 rings (SSSR count). The van der Waals surface area contributed by atoms with Crippen LogP contribution in [0.5, 0.6) is 11.5 Å². The molecule has 2 aromatic carbocycles. The van der Waals surface area contributed by atoms with Gasteiger partial charge in [-0.3, -0.25) is 0 Å². The molecule has 0 saturated heterocycles. The third kappa shape index (κ3) is 2.19. The summed E-state index contributed by atoms with van der Waals surface area (Å²) in [5, 5.41) is 20.0. The molecule has 0 heterocycles. The zero-order valence-electron chi connectivity index (χ0n) is 10.8. The van der Waals surface area contributed by atoms with Crippen molar-refractivity contribution in [1.29, 1.82) is 0 Å². The maximum Gasteiger partial charge on any atom is 0.123 e. The first-order valence-corrected chi connectivity index (χ1v) is 6.30. The molecule has 0 fully saturated rings. The average Bonchev–Trinajstić information content (AvgIpc) is 2.38. The molecule has 2 nitrogen and oxygen atoms in total. The fourth-order valence-corrected chi connectivity index (χ4v) is 2.22. The number of hydrogen-bond acceptors (Lipinski definition) is 2. The first kappa shape index (κ1) is 12.5. The second kappa shape index (κ2) is 5.13. The minimum Gasteiger partial charge on any atom is -0.508 e. The Kier molecular flexibility index (Phi) is 3.56. The standard InChI is InChI=1S/C16H18O2/c1-3-11-8-9-14(16(18)10-11)13-6-5-7-15(17)12(13)4-2/h5-10,17-18H,3-4H2,1-2H3. The molecule has 2 heteroatoms. The van der Waals surface area contributed by atoms with Crippen LogP contribution in [-0.2, 0) is 12.8 Å². The first-order chi connectivity index (χ1) is 8.67. The molecule has 0 unspecified atom stereocenters. The number of aryl methyl sites for hydroxylation is 1. The Morgan fingerprint density at radius 2 is 1.61 bits per heavy atom. The number of rotatable bonds is 3. The fraction of sp³-hybridized carbons (Fsp3) is 0.250. The molecule has 0 spiro atoms. The number of aromatic hydroxyl groups is 2. The lowest BCUT2D eigenvalue weighted by Crippen LogP contribution is -1.90. The van der Waals surface area contributed by atoms with Gasteiger partial charge in [0.25, 0.3) is 0 Å². The van der Waals surface area contributed by atoms with E-state index in [1.807, 2.05) is 25.1 Å². The van der Waals surface area contributed by atoms with Crippen LogP contribution in [0.15, 0.2) is 36.4 Å². The lowest BCUT2D eigenvalue weighted by molar-refractivity contribution is 0.468. The number of phenols is 2. The second-order valence-electron chi connectivity index (χ2n) is 4.36. The Balaban J connectivity index is 2.58. The Bertz CT molecular complexity index is 559. The molecule has 0 aliphatic heterocycles. The van der Waals surface area contributed by atoms with E-state index in [9.17, 15) is 10.2 Å². The van der Waals surface area contributed by atoms with Gasteiger partial charge < -0.3 is 10.2 Å². The molecular weight excluding hydrogens is 224 g/mol. The van der Waals surface area contributed by atoms with Crippen LogP contribution in [0.2, 0.25) is 0 Å². The molecule has 18 heavy (non-hydrogen) atoms. The summed E-state index contributed by atoms with van der Waals surface area (Å²) in [6, 6.07) is 11.1. The van der Waals surface area contributed by atoms with Crippen LogP contribution in [0.25, 0.3) is 11.1 Å². The molecule has 2 aromatic rings. The molecule has 0 radical (unpaired) electrons. The quantitative estimate of drug-likeness (QED) is 0.857. The van der Waals surface area contributed by atoms with Crippen molar-refractivity contribution >= 4 is 0 Å². The van der Waals surface area contributed by atoms with Gasteiger partial charge in [-0.2, -0.15) is 0 Å². The zero-order chi connectivity index (χ0) is 13.1. The highest BCUT2D eigenvalue weighted by Crippen LogP contribution is 2.36. The maximum atomic E-state index is 10.1. The predicted molar refractivity (Wildman–Crippen MR) is 74.0 cm³/mol. The van der Waals surface area contributed by atoms with E-state index in [4.69, 9.17) is 0 Å². The highest BCUT2D eigenvalue weighted by Gasteiger charge is 2.11. The lowest BCUT2D eigenvalue weighted by Gasteiger charge is -2.12. The van der Waals surface area contributed by atoms with Gasteiger partial charge in [-0.05, 0) is 36.1 Å². The number of hydrogen-bond donors (Lipinski definition) is 2. The van der Waals surface area contributed by atoms with Crippen LogP contribution in [-0.4, -0.2) is 10.2 Å². The third-order valence-electron chi connectivity index (χ3n) is 3.27. The molecular formula is C16H18O2. The summed E-state index contributed by atoms with van der Waals surface area (Å²) in [5.41, 5.74) is 3.66. The van der Waals surface area contributed by atoms with E-state index in [-0.39, 0.29) is 11.5 Å². The summed E-state index contributed by atoms with van der Waals surface area (Å²) in [4.78, 5) is 0. The van der Waals surface area contributed by atoms with Crippen LogP contribution < -0.4 is 0 Å². The van der Waals surface area contributed by atoms with E-state index >= 15 is 0 Å². The minimum atomic E-state index is 0.273. The topological polar surface area (TPSA) is 40.5 Å². The van der Waals surface area contributed by atoms with Crippen molar-refractivity contribution in [2.75, 3.05) is 0 Å². The lowest BCUT2D eigenvalue weighted by atomic mass is 9.95. The van der Waals surface area contributed by atoms with Crippen molar-refractivity contribution in [2.24, 2.45) is 0 Å². The monoisotopic (exact) mass is 242 g/mol. The van der Waals surface area contributed by atoms with Gasteiger partial charge in [0.2, 0.25) is 0 Å². The Morgan fingerprint density at radius 1 is 0.833 bits per heavy atom. The van der Waals surface area contributed by atoms with E-state index in [0.717, 1.165) is 35.1 Å². The van der Waals surface area contributed by atoms with E-state index in [1.165, 1.54) is 0 Å². The van der Waals surface area contributed by atoms with Gasteiger partial charge in [-0.1, -0.05) is 38.1 Å². The van der Waals surface area contributed by atoms with Crippen LogP contribution in [0.1, 0.15) is 25.0 Å². The van der Waals surface area contributed by atoms with Gasteiger partial charge in [0.15, 0.2) is 0 Å². The molecule has 0 atom stereocenters. The molecule has 0 bridgehead atoms. The highest BCUT2D eigenvalue weighted by molar-refractivity contribution is 5.75. The summed E-state index contributed by atoms with van der Waals surface area (Å²) in [6.07, 6.45) is 1.63. The van der Waals surface area contributed by atoms with Gasteiger partial charge in [0.1, 0.15) is 11.5 Å².